The van der Waals surface area contributed by atoms with Gasteiger partial charge >= 0.3 is 6.18 Å². The zero-order valence-electron chi connectivity index (χ0n) is 14.6. The summed E-state index contributed by atoms with van der Waals surface area (Å²) < 4.78 is 80.4. The van der Waals surface area contributed by atoms with E-state index in [-0.39, 0.29) is 15.4 Å². The molecule has 0 amide bonds. The third kappa shape index (κ3) is 4.25. The minimum atomic E-state index is -5.01. The number of nitrogens with zero attached hydrogens (tertiary/aromatic N) is 2. The molecule has 0 fully saturated rings. The minimum Gasteiger partial charge on any atom is -0.382 e. The lowest BCUT2D eigenvalue weighted by Crippen LogP contribution is -2.23. The van der Waals surface area contributed by atoms with E-state index < -0.39 is 47.3 Å². The van der Waals surface area contributed by atoms with Crippen LogP contribution in [0.2, 0.25) is 0 Å². The number of pyridine rings is 1. The van der Waals surface area contributed by atoms with Crippen LogP contribution in [0.5, 0.6) is 0 Å². The number of benzene rings is 1. The molecule has 3 nitrogen and oxygen atoms in total. The van der Waals surface area contributed by atoms with Gasteiger partial charge < -0.3 is 5.11 Å². The minimum absolute atomic E-state index is 0.0330. The molecule has 1 atom stereocenters. The van der Waals surface area contributed by atoms with Crippen molar-refractivity contribution in [1.82, 2.24) is 4.98 Å². The summed E-state index contributed by atoms with van der Waals surface area (Å²) >= 11 is 0.693. The Morgan fingerprint density at radius 1 is 1.25 bits per heavy atom. The van der Waals surface area contributed by atoms with Crippen molar-refractivity contribution in [3.8, 4) is 6.07 Å². The molecule has 0 saturated heterocycles. The van der Waals surface area contributed by atoms with Crippen molar-refractivity contribution in [2.75, 3.05) is 0 Å². The first kappa shape index (κ1) is 22.0. The van der Waals surface area contributed by atoms with Gasteiger partial charge in [-0.25, -0.2) is 13.2 Å². The van der Waals surface area contributed by atoms with Crippen molar-refractivity contribution >= 4 is 11.8 Å². The number of aromatic nitrogens is 1. The van der Waals surface area contributed by atoms with Crippen LogP contribution in [-0.4, -0.2) is 16.0 Å². The topological polar surface area (TPSA) is 56.9 Å². The molecule has 0 spiro atoms. The Morgan fingerprint density at radius 3 is 2.46 bits per heavy atom. The van der Waals surface area contributed by atoms with E-state index in [1.54, 1.807) is 6.07 Å². The van der Waals surface area contributed by atoms with Gasteiger partial charge in [-0.05, 0) is 23.8 Å². The van der Waals surface area contributed by atoms with Gasteiger partial charge in [0.05, 0.1) is 11.6 Å². The Labute approximate surface area is 161 Å². The van der Waals surface area contributed by atoms with Crippen LogP contribution >= 0.6 is 11.8 Å². The third-order valence-corrected chi connectivity index (χ3v) is 4.81. The number of hydrogen-bond acceptors (Lipinski definition) is 4. The van der Waals surface area contributed by atoms with Crippen molar-refractivity contribution in [3.05, 3.63) is 52.6 Å². The van der Waals surface area contributed by atoms with Gasteiger partial charge in [-0.2, -0.15) is 18.4 Å². The Morgan fingerprint density at radius 2 is 1.89 bits per heavy atom. The molecule has 1 unspecified atom stereocenters. The Bertz CT molecular complexity index is 924. The van der Waals surface area contributed by atoms with Crippen LogP contribution in [0.3, 0.4) is 0 Å². The van der Waals surface area contributed by atoms with E-state index in [1.165, 1.54) is 6.07 Å². The molecule has 1 aromatic heterocycles. The highest BCUT2D eigenvalue weighted by Crippen LogP contribution is 2.50. The third-order valence-electron chi connectivity index (χ3n) is 3.77. The average Bonchev–Trinajstić information content (AvgIpc) is 2.86. The Kier molecular flexibility index (Phi) is 6.31. The first-order valence-corrected chi connectivity index (χ1v) is 8.88. The van der Waals surface area contributed by atoms with Crippen LogP contribution in [0.4, 0.5) is 26.3 Å². The number of aliphatic hydroxyl groups excluding tert-OH is 1. The summed E-state index contributed by atoms with van der Waals surface area (Å²) in [4.78, 5) is 3.26. The van der Waals surface area contributed by atoms with Gasteiger partial charge in [-0.3, -0.25) is 4.98 Å². The molecule has 150 valence electrons. The molecular formula is C18H14F6N2OS. The molecule has 0 aliphatic heterocycles. The quantitative estimate of drug-likeness (QED) is 0.651. The smallest absolute Gasteiger partial charge is 0.382 e. The fraction of sp³-hybridized carbons (Fsp3) is 0.333. The molecular weight excluding hydrogens is 406 g/mol. The standard InChI is InChI=1S/C16H8F6N2OS.C2H6/c17-8-1-7(5-23)2-9(3-8)26-11-6-24-13(16(20,21)22)12-10(11)4-15(18,19)14(12)25;1-2/h1-3,6,14,25H,4H2;1-2H3. The first-order chi connectivity index (χ1) is 13.0. The van der Waals surface area contributed by atoms with E-state index in [0.717, 1.165) is 18.3 Å². The molecule has 3 rings (SSSR count). The number of nitriles is 1. The maximum atomic E-state index is 13.8. The summed E-state index contributed by atoms with van der Waals surface area (Å²) in [5, 5.41) is 18.5. The molecule has 0 bridgehead atoms. The lowest BCUT2D eigenvalue weighted by Gasteiger charge is -2.17. The molecule has 1 aliphatic rings. The lowest BCUT2D eigenvalue weighted by atomic mass is 10.1. The van der Waals surface area contributed by atoms with Gasteiger partial charge in [0, 0.05) is 28.0 Å². The van der Waals surface area contributed by atoms with Gasteiger partial charge in [0.15, 0.2) is 5.69 Å². The summed E-state index contributed by atoms with van der Waals surface area (Å²) in [6.45, 7) is 4.00. The number of halogens is 6. The van der Waals surface area contributed by atoms with Crippen molar-refractivity contribution in [2.45, 2.75) is 48.3 Å². The molecule has 10 heteroatoms. The van der Waals surface area contributed by atoms with E-state index in [9.17, 15) is 31.4 Å². The number of rotatable bonds is 2. The second-order valence-electron chi connectivity index (χ2n) is 5.59. The van der Waals surface area contributed by atoms with Crippen molar-refractivity contribution in [1.29, 1.82) is 5.26 Å². The normalized spacial score (nSPS) is 17.4. The molecule has 0 radical (unpaired) electrons. The lowest BCUT2D eigenvalue weighted by molar-refractivity contribution is -0.145. The predicted octanol–water partition coefficient (Wildman–Crippen LogP) is 5.51. The first-order valence-electron chi connectivity index (χ1n) is 8.06. The fourth-order valence-corrected chi connectivity index (χ4v) is 3.72. The van der Waals surface area contributed by atoms with Gasteiger partial charge in [-0.1, -0.05) is 25.6 Å². The van der Waals surface area contributed by atoms with E-state index in [4.69, 9.17) is 5.26 Å². The van der Waals surface area contributed by atoms with Crippen LogP contribution in [0.1, 0.15) is 42.3 Å². The molecule has 1 N–H and O–H groups in total. The van der Waals surface area contributed by atoms with Crippen LogP contribution in [0, 0.1) is 17.1 Å². The highest BCUT2D eigenvalue weighted by Gasteiger charge is 2.52. The molecule has 0 saturated carbocycles. The Balaban J connectivity index is 0.00000136. The van der Waals surface area contributed by atoms with E-state index >= 15 is 0 Å². The van der Waals surface area contributed by atoms with Crippen LogP contribution in [-0.2, 0) is 12.6 Å². The van der Waals surface area contributed by atoms with Gasteiger partial charge in [0.25, 0.3) is 5.92 Å². The molecule has 1 heterocycles. The average molecular weight is 420 g/mol. The zero-order chi connectivity index (χ0) is 21.3. The summed E-state index contributed by atoms with van der Waals surface area (Å²) in [6.07, 6.45) is -7.99. The largest absolute Gasteiger partial charge is 0.433 e. The van der Waals surface area contributed by atoms with Crippen LogP contribution in [0.15, 0.2) is 34.2 Å². The van der Waals surface area contributed by atoms with Gasteiger partial charge in [-0.15, -0.1) is 0 Å². The number of aliphatic hydroxyl groups is 1. The summed E-state index contributed by atoms with van der Waals surface area (Å²) in [7, 11) is 0. The summed E-state index contributed by atoms with van der Waals surface area (Å²) in [5.74, 6) is -4.53. The highest BCUT2D eigenvalue weighted by molar-refractivity contribution is 7.99. The number of alkyl halides is 5. The van der Waals surface area contributed by atoms with Gasteiger partial charge in [0.2, 0.25) is 0 Å². The molecule has 28 heavy (non-hydrogen) atoms. The Hall–Kier alpha value is -2.25. The summed E-state index contributed by atoms with van der Waals surface area (Å²) in [6, 6.07) is 4.95. The predicted molar refractivity (Wildman–Crippen MR) is 89.4 cm³/mol. The molecule has 1 aliphatic carbocycles. The van der Waals surface area contributed by atoms with E-state index in [2.05, 4.69) is 4.98 Å². The van der Waals surface area contributed by atoms with Crippen molar-refractivity contribution in [3.63, 3.8) is 0 Å². The monoisotopic (exact) mass is 420 g/mol. The van der Waals surface area contributed by atoms with Crippen molar-refractivity contribution < 1.29 is 31.4 Å². The van der Waals surface area contributed by atoms with E-state index in [0.29, 0.717) is 11.8 Å². The highest BCUT2D eigenvalue weighted by atomic mass is 32.2. The fourth-order valence-electron chi connectivity index (χ4n) is 2.69. The maximum absolute atomic E-state index is 13.8. The maximum Gasteiger partial charge on any atom is 0.433 e. The molecule has 1 aromatic carbocycles. The van der Waals surface area contributed by atoms with E-state index in [1.807, 2.05) is 13.8 Å². The van der Waals surface area contributed by atoms with Gasteiger partial charge in [0.1, 0.15) is 11.9 Å². The summed E-state index contributed by atoms with van der Waals surface area (Å²) in [5.41, 5.74) is -2.96. The molecule has 2 aromatic rings. The van der Waals surface area contributed by atoms with Crippen LogP contribution < -0.4 is 0 Å². The van der Waals surface area contributed by atoms with Crippen LogP contribution in [0.25, 0.3) is 0 Å². The number of hydrogen-bond donors (Lipinski definition) is 1. The second-order valence-corrected chi connectivity index (χ2v) is 6.71. The van der Waals surface area contributed by atoms with Crippen molar-refractivity contribution in [2.24, 2.45) is 0 Å². The second kappa shape index (κ2) is 8.01. The SMILES string of the molecule is CC.N#Cc1cc(F)cc(Sc2cnc(C(F)(F)F)c3c2CC(F)(F)C3O)c1. The number of fused-ring (bicyclic) bond motifs is 1. The zero-order valence-corrected chi connectivity index (χ0v) is 15.4.